The second-order valence-corrected chi connectivity index (χ2v) is 7.44. The largest absolute Gasteiger partial charge is 0.481 e. The molecule has 0 unspecified atom stereocenters. The summed E-state index contributed by atoms with van der Waals surface area (Å²) in [4.78, 5) is 25.7. The van der Waals surface area contributed by atoms with Gasteiger partial charge >= 0.3 is 5.97 Å². The third-order valence-electron chi connectivity index (χ3n) is 4.87. The van der Waals surface area contributed by atoms with E-state index in [9.17, 15) is 9.59 Å². The Morgan fingerprint density at radius 1 is 1.29 bits per heavy atom. The van der Waals surface area contributed by atoms with E-state index in [0.29, 0.717) is 19.8 Å². The molecule has 1 aliphatic heterocycles. The number of nitrogens with zero attached hydrogens (tertiary/aromatic N) is 1. The average Bonchev–Trinajstić information content (AvgIpc) is 3.36. The lowest BCUT2D eigenvalue weighted by atomic mass is 10.0. The summed E-state index contributed by atoms with van der Waals surface area (Å²) in [5.41, 5.74) is 1.17. The van der Waals surface area contributed by atoms with E-state index < -0.39 is 5.97 Å². The molecule has 1 aromatic rings. The van der Waals surface area contributed by atoms with Gasteiger partial charge < -0.3 is 14.7 Å². The Balaban J connectivity index is 1.68. The lowest BCUT2D eigenvalue weighted by Crippen LogP contribution is -2.45. The lowest BCUT2D eigenvalue weighted by Gasteiger charge is -2.34. The third kappa shape index (κ3) is 4.16. The van der Waals surface area contributed by atoms with Gasteiger partial charge in [-0.25, -0.2) is 0 Å². The van der Waals surface area contributed by atoms with E-state index in [1.54, 1.807) is 4.90 Å². The number of ether oxygens (including phenoxy) is 1. The van der Waals surface area contributed by atoms with Crippen molar-refractivity contribution < 1.29 is 19.4 Å². The van der Waals surface area contributed by atoms with Gasteiger partial charge in [-0.3, -0.25) is 9.59 Å². The molecule has 0 aromatic heterocycles. The maximum Gasteiger partial charge on any atom is 0.305 e. The van der Waals surface area contributed by atoms with Crippen LogP contribution in [0.3, 0.4) is 0 Å². The zero-order valence-electron chi connectivity index (χ0n) is 13.5. The standard InChI is InChI=1S/C18H22BrNO4/c19-13-3-1-2-12(10-13)15-11-16(15)18(23)20(7-4-17(21)22)14-5-8-24-9-6-14/h1-3,10,14-16H,4-9,11H2,(H,21,22)/t15-,16-/m0/s1. The fourth-order valence-corrected chi connectivity index (χ4v) is 3.89. The van der Waals surface area contributed by atoms with Crippen molar-refractivity contribution in [2.75, 3.05) is 19.8 Å². The van der Waals surface area contributed by atoms with Crippen LogP contribution >= 0.6 is 15.9 Å². The highest BCUT2D eigenvalue weighted by Gasteiger charge is 2.46. The van der Waals surface area contributed by atoms with Gasteiger partial charge in [-0.2, -0.15) is 0 Å². The maximum absolute atomic E-state index is 13.0. The summed E-state index contributed by atoms with van der Waals surface area (Å²) in [6.45, 7) is 1.57. The van der Waals surface area contributed by atoms with Crippen molar-refractivity contribution in [2.45, 2.75) is 37.6 Å². The van der Waals surface area contributed by atoms with Crippen molar-refractivity contribution in [1.29, 1.82) is 0 Å². The minimum atomic E-state index is -0.862. The van der Waals surface area contributed by atoms with Crippen molar-refractivity contribution in [2.24, 2.45) is 5.92 Å². The normalized spacial score (nSPS) is 23.7. The number of hydrogen-bond donors (Lipinski definition) is 1. The molecule has 3 rings (SSSR count). The van der Waals surface area contributed by atoms with Crippen LogP contribution in [0.1, 0.15) is 37.2 Å². The molecule has 6 heteroatoms. The minimum Gasteiger partial charge on any atom is -0.481 e. The first-order chi connectivity index (χ1) is 11.6. The van der Waals surface area contributed by atoms with Gasteiger partial charge in [0.1, 0.15) is 0 Å². The van der Waals surface area contributed by atoms with Gasteiger partial charge in [-0.15, -0.1) is 0 Å². The van der Waals surface area contributed by atoms with Crippen molar-refractivity contribution in [3.05, 3.63) is 34.3 Å². The molecule has 0 spiro atoms. The molecule has 1 aromatic carbocycles. The Morgan fingerprint density at radius 2 is 2.04 bits per heavy atom. The van der Waals surface area contributed by atoms with E-state index >= 15 is 0 Å². The van der Waals surface area contributed by atoms with Crippen molar-refractivity contribution >= 4 is 27.8 Å². The van der Waals surface area contributed by atoms with Crippen molar-refractivity contribution in [1.82, 2.24) is 4.90 Å². The van der Waals surface area contributed by atoms with Crippen LogP contribution in [0.2, 0.25) is 0 Å². The molecule has 0 radical (unpaired) electrons. The van der Waals surface area contributed by atoms with E-state index in [1.807, 2.05) is 12.1 Å². The van der Waals surface area contributed by atoms with Crippen molar-refractivity contribution in [3.8, 4) is 0 Å². The molecular formula is C18H22BrNO4. The van der Waals surface area contributed by atoms with Crippen LogP contribution < -0.4 is 0 Å². The summed E-state index contributed by atoms with van der Waals surface area (Å²) in [5, 5.41) is 8.99. The number of carbonyl (C=O) groups excluding carboxylic acids is 1. The van der Waals surface area contributed by atoms with Crippen LogP contribution in [-0.2, 0) is 14.3 Å². The monoisotopic (exact) mass is 395 g/mol. The van der Waals surface area contributed by atoms with E-state index in [2.05, 4.69) is 28.1 Å². The third-order valence-corrected chi connectivity index (χ3v) is 5.36. The fraction of sp³-hybridized carbons (Fsp3) is 0.556. The second kappa shape index (κ2) is 7.66. The van der Waals surface area contributed by atoms with E-state index in [0.717, 1.165) is 23.7 Å². The summed E-state index contributed by atoms with van der Waals surface area (Å²) in [7, 11) is 0. The highest BCUT2D eigenvalue weighted by molar-refractivity contribution is 9.10. The molecule has 2 fully saturated rings. The van der Waals surface area contributed by atoms with Crippen LogP contribution in [-0.4, -0.2) is 47.7 Å². The first-order valence-electron chi connectivity index (χ1n) is 8.41. The predicted molar refractivity (Wildman–Crippen MR) is 92.8 cm³/mol. The summed E-state index contributed by atoms with van der Waals surface area (Å²) in [6.07, 6.45) is 2.43. The number of halogens is 1. The molecule has 1 heterocycles. The first-order valence-corrected chi connectivity index (χ1v) is 9.21. The van der Waals surface area contributed by atoms with Crippen LogP contribution in [0.25, 0.3) is 0 Å². The minimum absolute atomic E-state index is 0.00261. The number of amides is 1. The van der Waals surface area contributed by atoms with Gasteiger partial charge in [0, 0.05) is 36.2 Å². The van der Waals surface area contributed by atoms with Gasteiger partial charge in [0.05, 0.1) is 6.42 Å². The topological polar surface area (TPSA) is 66.8 Å². The number of rotatable bonds is 6. The van der Waals surface area contributed by atoms with Crippen LogP contribution in [0, 0.1) is 5.92 Å². The number of benzene rings is 1. The van der Waals surface area contributed by atoms with E-state index in [-0.39, 0.29) is 30.2 Å². The van der Waals surface area contributed by atoms with Gasteiger partial charge in [0.25, 0.3) is 0 Å². The van der Waals surface area contributed by atoms with Crippen molar-refractivity contribution in [3.63, 3.8) is 0 Å². The quantitative estimate of drug-likeness (QED) is 0.803. The molecule has 5 nitrogen and oxygen atoms in total. The highest BCUT2D eigenvalue weighted by Crippen LogP contribution is 2.49. The molecular weight excluding hydrogens is 374 g/mol. The molecule has 0 bridgehead atoms. The summed E-state index contributed by atoms with van der Waals surface area (Å²) >= 11 is 3.47. The van der Waals surface area contributed by atoms with Crippen LogP contribution in [0.4, 0.5) is 0 Å². The summed E-state index contributed by atoms with van der Waals surface area (Å²) < 4.78 is 6.39. The fourth-order valence-electron chi connectivity index (χ4n) is 3.47. The Bertz CT molecular complexity index is 615. The molecule has 24 heavy (non-hydrogen) atoms. The van der Waals surface area contributed by atoms with E-state index in [4.69, 9.17) is 9.84 Å². The van der Waals surface area contributed by atoms with Gasteiger partial charge in [-0.1, -0.05) is 28.1 Å². The number of carbonyl (C=O) groups is 2. The Hall–Kier alpha value is -1.40. The number of carboxylic acid groups (broad SMARTS) is 1. The smallest absolute Gasteiger partial charge is 0.305 e. The maximum atomic E-state index is 13.0. The molecule has 1 N–H and O–H groups in total. The van der Waals surface area contributed by atoms with Gasteiger partial charge in [0.15, 0.2) is 0 Å². The Morgan fingerprint density at radius 3 is 2.71 bits per heavy atom. The zero-order chi connectivity index (χ0) is 17.1. The predicted octanol–water partition coefficient (Wildman–Crippen LogP) is 3.03. The summed E-state index contributed by atoms with van der Waals surface area (Å²) in [5.74, 6) is -0.523. The van der Waals surface area contributed by atoms with Crippen LogP contribution in [0.5, 0.6) is 0 Å². The molecule has 1 saturated carbocycles. The highest BCUT2D eigenvalue weighted by atomic mass is 79.9. The van der Waals surface area contributed by atoms with Gasteiger partial charge in [0.2, 0.25) is 5.91 Å². The molecule has 2 atom stereocenters. The average molecular weight is 396 g/mol. The van der Waals surface area contributed by atoms with E-state index in [1.165, 1.54) is 5.56 Å². The second-order valence-electron chi connectivity index (χ2n) is 6.52. The first kappa shape index (κ1) is 17.4. The molecule has 130 valence electrons. The molecule has 2 aliphatic rings. The number of hydrogen-bond acceptors (Lipinski definition) is 3. The molecule has 1 amide bonds. The number of carboxylic acids is 1. The van der Waals surface area contributed by atoms with Crippen LogP contribution in [0.15, 0.2) is 28.7 Å². The lowest BCUT2D eigenvalue weighted by molar-refractivity contribution is -0.141. The SMILES string of the molecule is O=C(O)CCN(C(=O)[C@H]1C[C@H]1c1cccc(Br)c1)C1CCOCC1. The van der Waals surface area contributed by atoms with Gasteiger partial charge in [-0.05, 0) is 42.9 Å². The zero-order valence-corrected chi connectivity index (χ0v) is 15.1. The molecule has 1 aliphatic carbocycles. The Labute approximate surface area is 150 Å². The number of aliphatic carboxylic acids is 1. The Kier molecular flexibility index (Phi) is 5.56. The summed E-state index contributed by atoms with van der Waals surface area (Å²) in [6, 6.07) is 8.19. The molecule has 1 saturated heterocycles.